The number of piperidine rings is 2. The molecule has 7 rings (SSSR count). The Morgan fingerprint density at radius 2 is 1.82 bits per heavy atom. The predicted molar refractivity (Wildman–Crippen MR) is 215 cm³/mol. The number of imide groups is 1. The summed E-state index contributed by atoms with van der Waals surface area (Å²) in [6.07, 6.45) is 0.544. The van der Waals surface area contributed by atoms with Gasteiger partial charge >= 0.3 is 6.18 Å². The lowest BCUT2D eigenvalue weighted by atomic mass is 9.79. The largest absolute Gasteiger partial charge is 0.419 e. The molecular weight excluding hydrogens is 837 g/mol. The summed E-state index contributed by atoms with van der Waals surface area (Å²) in [6, 6.07) is 9.77. The van der Waals surface area contributed by atoms with Gasteiger partial charge in [0.05, 0.1) is 46.6 Å². The van der Waals surface area contributed by atoms with Gasteiger partial charge in [-0.25, -0.2) is 27.5 Å². The first-order chi connectivity index (χ1) is 29.3. The molecule has 1 unspecified atom stereocenters. The molecule has 0 spiro atoms. The Balaban J connectivity index is 0.870. The van der Waals surface area contributed by atoms with E-state index < -0.39 is 61.7 Å². The lowest BCUT2D eigenvalue weighted by molar-refractivity contribution is -0.141. The molecule has 4 aromatic rings. The quantitative estimate of drug-likeness (QED) is 0.0879. The van der Waals surface area contributed by atoms with Crippen molar-refractivity contribution in [3.63, 3.8) is 0 Å². The van der Waals surface area contributed by atoms with Gasteiger partial charge in [0.25, 0.3) is 0 Å². The van der Waals surface area contributed by atoms with Crippen LogP contribution in [0.3, 0.4) is 0 Å². The smallest absolute Gasteiger partial charge is 0.389 e. The standard InChI is InChI=1S/C42H44F4N8O7S/c1-41(2,58)24-54-23-28(21-48-54)37-33(42(44,45)46)22-47-40(51-37)49-35-10-8-31(20-34(35)43)62(59,60)52-29-18-27(19-29)39(57)53-14-12-30(13-15-53)61-16-4-6-25-5-3-7-26(17-25)32-9-11-36(55)50-38(32)56/h3,5,7-8,10,17,20-23,27,29-30,32,52,58H,9,11-16,18-19,24H2,1-2H3,(H,47,49,51)(H,50,55,56). The maximum absolute atomic E-state index is 15.3. The van der Waals surface area contributed by atoms with Crippen LogP contribution in [0.4, 0.5) is 29.2 Å². The van der Waals surface area contributed by atoms with Gasteiger partial charge in [-0.3, -0.25) is 24.4 Å². The third-order valence-electron chi connectivity index (χ3n) is 10.8. The van der Waals surface area contributed by atoms with Gasteiger partial charge < -0.3 is 20.1 Å². The highest BCUT2D eigenvalue weighted by atomic mass is 32.2. The van der Waals surface area contributed by atoms with E-state index in [0.717, 1.165) is 35.5 Å². The van der Waals surface area contributed by atoms with Gasteiger partial charge in [0.1, 0.15) is 18.0 Å². The number of sulfonamides is 1. The molecule has 1 saturated carbocycles. The van der Waals surface area contributed by atoms with E-state index in [2.05, 4.69) is 42.3 Å². The summed E-state index contributed by atoms with van der Waals surface area (Å²) >= 11 is 0. The zero-order chi connectivity index (χ0) is 44.4. The van der Waals surface area contributed by atoms with Gasteiger partial charge in [-0.15, -0.1) is 0 Å². The average Bonchev–Trinajstić information content (AvgIpc) is 3.65. The van der Waals surface area contributed by atoms with Crippen LogP contribution in [0.1, 0.15) is 75.0 Å². The monoisotopic (exact) mass is 880 g/mol. The molecule has 4 N–H and O–H groups in total. The lowest BCUT2D eigenvalue weighted by Crippen LogP contribution is -2.52. The van der Waals surface area contributed by atoms with Crippen molar-refractivity contribution in [2.45, 2.75) is 93.7 Å². The van der Waals surface area contributed by atoms with Crippen LogP contribution in [-0.4, -0.2) is 93.3 Å². The van der Waals surface area contributed by atoms with Crippen molar-refractivity contribution in [3.8, 4) is 23.1 Å². The average molecular weight is 881 g/mol. The molecular formula is C42H44F4N8O7S. The molecule has 1 aliphatic carbocycles. The summed E-state index contributed by atoms with van der Waals surface area (Å²) in [5, 5.41) is 19.0. The highest BCUT2D eigenvalue weighted by Gasteiger charge is 2.40. The maximum atomic E-state index is 15.3. The van der Waals surface area contributed by atoms with E-state index >= 15 is 4.39 Å². The fourth-order valence-corrected chi connectivity index (χ4v) is 8.84. The summed E-state index contributed by atoms with van der Waals surface area (Å²) < 4.78 is 93.0. The SMILES string of the molecule is CC(C)(O)Cn1cc(-c2nc(Nc3ccc(S(=O)(=O)NC4CC(C(=O)N5CCC(OCC#Cc6cccc(C7CCC(=O)NC7=O)c6)CC5)C4)cc3F)ncc2C(F)(F)F)cn1. The zero-order valence-corrected chi connectivity index (χ0v) is 34.5. The van der Waals surface area contributed by atoms with E-state index in [1.165, 1.54) is 24.7 Å². The van der Waals surface area contributed by atoms with Gasteiger partial charge in [0.2, 0.25) is 33.7 Å². The molecule has 20 heteroatoms. The van der Waals surface area contributed by atoms with Gasteiger partial charge in [-0.1, -0.05) is 24.0 Å². The second-order valence-corrected chi connectivity index (χ2v) is 17.9. The zero-order valence-electron chi connectivity index (χ0n) is 33.7. The number of benzene rings is 2. The molecule has 0 radical (unpaired) electrons. The number of nitrogens with zero attached hydrogens (tertiary/aromatic N) is 5. The van der Waals surface area contributed by atoms with Crippen molar-refractivity contribution in [3.05, 3.63) is 83.6 Å². The number of carbonyl (C=O) groups excluding carboxylic acids is 3. The molecule has 328 valence electrons. The Hall–Kier alpha value is -5.75. The highest BCUT2D eigenvalue weighted by molar-refractivity contribution is 7.89. The molecule has 2 aliphatic heterocycles. The molecule has 62 heavy (non-hydrogen) atoms. The lowest BCUT2D eigenvalue weighted by Gasteiger charge is -2.40. The van der Waals surface area contributed by atoms with Crippen molar-refractivity contribution in [1.29, 1.82) is 0 Å². The second-order valence-electron chi connectivity index (χ2n) is 16.2. The molecule has 2 aromatic carbocycles. The maximum Gasteiger partial charge on any atom is 0.419 e. The van der Waals surface area contributed by atoms with Crippen LogP contribution in [0.2, 0.25) is 0 Å². The first kappa shape index (κ1) is 44.3. The molecule has 15 nitrogen and oxygen atoms in total. The number of hydrogen-bond donors (Lipinski definition) is 4. The Kier molecular flexibility index (Phi) is 12.8. The van der Waals surface area contributed by atoms with Crippen molar-refractivity contribution >= 4 is 39.4 Å². The summed E-state index contributed by atoms with van der Waals surface area (Å²) in [5.74, 6) is 3.20. The van der Waals surface area contributed by atoms with E-state index in [4.69, 9.17) is 4.74 Å². The number of halogens is 4. The Labute approximate surface area is 354 Å². The number of alkyl halides is 3. The number of ether oxygens (including phenoxy) is 1. The summed E-state index contributed by atoms with van der Waals surface area (Å²) in [5.41, 5.74) is -1.69. The molecule has 2 aromatic heterocycles. The minimum Gasteiger partial charge on any atom is -0.389 e. The first-order valence-electron chi connectivity index (χ1n) is 19.9. The first-order valence-corrected chi connectivity index (χ1v) is 21.4. The number of aromatic nitrogens is 4. The molecule has 2 saturated heterocycles. The molecule has 3 amide bonds. The van der Waals surface area contributed by atoms with Gasteiger partial charge in [-0.2, -0.15) is 18.3 Å². The fraction of sp³-hybridized carbons (Fsp3) is 0.429. The molecule has 3 aliphatic rings. The van der Waals surface area contributed by atoms with E-state index in [1.807, 2.05) is 24.3 Å². The number of rotatable bonds is 12. The van der Waals surface area contributed by atoms with E-state index in [9.17, 15) is 41.1 Å². The summed E-state index contributed by atoms with van der Waals surface area (Å²) in [4.78, 5) is 46.0. The topological polar surface area (TPSA) is 198 Å². The van der Waals surface area contributed by atoms with Crippen molar-refractivity contribution in [2.75, 3.05) is 25.0 Å². The minimum atomic E-state index is -4.83. The van der Waals surface area contributed by atoms with E-state index in [0.29, 0.717) is 45.0 Å². The third-order valence-corrected chi connectivity index (χ3v) is 12.3. The molecule has 0 bridgehead atoms. The molecule has 1 atom stereocenters. The number of amides is 3. The Morgan fingerprint density at radius 3 is 2.52 bits per heavy atom. The number of likely N-dealkylation sites (tertiary alicyclic amines) is 1. The van der Waals surface area contributed by atoms with Crippen LogP contribution < -0.4 is 15.4 Å². The Bertz CT molecular complexity index is 2520. The number of anilines is 2. The van der Waals surface area contributed by atoms with E-state index in [-0.39, 0.29) is 67.0 Å². The third kappa shape index (κ3) is 10.8. The normalized spacial score (nSPS) is 19.9. The van der Waals surface area contributed by atoms with Crippen LogP contribution in [0, 0.1) is 23.6 Å². The summed E-state index contributed by atoms with van der Waals surface area (Å²) in [7, 11) is -4.21. The summed E-state index contributed by atoms with van der Waals surface area (Å²) in [6.45, 7) is 4.15. The fourth-order valence-electron chi connectivity index (χ4n) is 7.57. The van der Waals surface area contributed by atoms with E-state index in [1.54, 1.807) is 4.90 Å². The van der Waals surface area contributed by atoms with Crippen molar-refractivity contribution in [1.82, 2.24) is 34.7 Å². The van der Waals surface area contributed by atoms with Crippen LogP contribution >= 0.6 is 0 Å². The van der Waals surface area contributed by atoms with Crippen LogP contribution in [0.25, 0.3) is 11.3 Å². The minimum absolute atomic E-state index is 0.00879. The van der Waals surface area contributed by atoms with Gasteiger partial charge in [0, 0.05) is 55.0 Å². The second kappa shape index (κ2) is 17.9. The van der Waals surface area contributed by atoms with Gasteiger partial charge in [0.15, 0.2) is 0 Å². The number of hydrogen-bond acceptors (Lipinski definition) is 11. The van der Waals surface area contributed by atoms with Crippen LogP contribution in [0.5, 0.6) is 0 Å². The van der Waals surface area contributed by atoms with Gasteiger partial charge in [-0.05, 0) is 81.8 Å². The highest BCUT2D eigenvalue weighted by Crippen LogP contribution is 2.37. The van der Waals surface area contributed by atoms with Crippen LogP contribution in [0.15, 0.2) is 66.0 Å². The number of carbonyl (C=O) groups is 3. The van der Waals surface area contributed by atoms with Crippen molar-refractivity contribution in [2.24, 2.45) is 5.92 Å². The predicted octanol–water partition coefficient (Wildman–Crippen LogP) is 4.65. The van der Waals surface area contributed by atoms with Crippen LogP contribution in [-0.2, 0) is 41.9 Å². The van der Waals surface area contributed by atoms with Crippen molar-refractivity contribution < 1.29 is 50.2 Å². The number of nitrogens with one attached hydrogen (secondary N) is 3. The number of aliphatic hydroxyl groups is 1. The molecule has 4 heterocycles. The Morgan fingerprint density at radius 1 is 1.06 bits per heavy atom. The molecule has 3 fully saturated rings.